The smallest absolute Gasteiger partial charge is 0.226 e. The molecule has 2 atom stereocenters. The van der Waals surface area contributed by atoms with Gasteiger partial charge < -0.3 is 10.1 Å². The summed E-state index contributed by atoms with van der Waals surface area (Å²) in [5.41, 5.74) is 9.74. The standard InChI is InChI=1S/C21H27N3O2/c1-3-12-26-18-10-6-16(7-11-18)13-22-21(25)19-14-23-24-20(19)17-8-4-15(2)5-9-17/h4-11,19-20,23-24H,3,12-14H2,1-2H3,(H,22,25). The van der Waals surface area contributed by atoms with Gasteiger partial charge in [-0.2, -0.15) is 0 Å². The van der Waals surface area contributed by atoms with E-state index in [9.17, 15) is 4.79 Å². The molecular formula is C21H27N3O2. The molecule has 0 bridgehead atoms. The Balaban J connectivity index is 1.56. The normalized spacial score (nSPS) is 19.3. The molecule has 26 heavy (non-hydrogen) atoms. The number of rotatable bonds is 7. The highest BCUT2D eigenvalue weighted by Crippen LogP contribution is 2.25. The molecule has 1 fully saturated rings. The summed E-state index contributed by atoms with van der Waals surface area (Å²) in [6, 6.07) is 16.2. The topological polar surface area (TPSA) is 62.4 Å². The van der Waals surface area contributed by atoms with Crippen LogP contribution in [0.15, 0.2) is 48.5 Å². The lowest BCUT2D eigenvalue weighted by atomic mass is 9.93. The van der Waals surface area contributed by atoms with Crippen LogP contribution in [-0.2, 0) is 11.3 Å². The Morgan fingerprint density at radius 2 is 1.88 bits per heavy atom. The van der Waals surface area contributed by atoms with Crippen molar-refractivity contribution in [3.63, 3.8) is 0 Å². The summed E-state index contributed by atoms with van der Waals surface area (Å²) in [6.07, 6.45) is 0.990. The number of hydrogen-bond acceptors (Lipinski definition) is 4. The number of carbonyl (C=O) groups is 1. The molecule has 2 aromatic carbocycles. The van der Waals surface area contributed by atoms with Crippen molar-refractivity contribution in [1.29, 1.82) is 0 Å². The largest absolute Gasteiger partial charge is 0.494 e. The molecular weight excluding hydrogens is 326 g/mol. The van der Waals surface area contributed by atoms with Gasteiger partial charge in [-0.05, 0) is 36.6 Å². The number of carbonyl (C=O) groups excluding carboxylic acids is 1. The van der Waals surface area contributed by atoms with Gasteiger partial charge in [0.25, 0.3) is 0 Å². The van der Waals surface area contributed by atoms with Gasteiger partial charge in [0.2, 0.25) is 5.91 Å². The molecule has 5 heteroatoms. The Morgan fingerprint density at radius 3 is 2.58 bits per heavy atom. The molecule has 1 aliphatic rings. The average molecular weight is 353 g/mol. The Bertz CT molecular complexity index is 713. The second-order valence-corrected chi connectivity index (χ2v) is 6.73. The predicted octanol–water partition coefficient (Wildman–Crippen LogP) is 2.87. The van der Waals surface area contributed by atoms with E-state index in [0.717, 1.165) is 29.9 Å². The first kappa shape index (κ1) is 18.4. The fourth-order valence-corrected chi connectivity index (χ4v) is 3.07. The van der Waals surface area contributed by atoms with Gasteiger partial charge in [0.15, 0.2) is 0 Å². The summed E-state index contributed by atoms with van der Waals surface area (Å²) in [4.78, 5) is 12.7. The fourth-order valence-electron chi connectivity index (χ4n) is 3.07. The maximum atomic E-state index is 12.7. The molecule has 5 nitrogen and oxygen atoms in total. The Morgan fingerprint density at radius 1 is 1.15 bits per heavy atom. The number of nitrogens with one attached hydrogen (secondary N) is 3. The molecule has 1 saturated heterocycles. The first-order valence-corrected chi connectivity index (χ1v) is 9.22. The van der Waals surface area contributed by atoms with Crippen molar-refractivity contribution < 1.29 is 9.53 Å². The maximum absolute atomic E-state index is 12.7. The van der Waals surface area contributed by atoms with Crippen LogP contribution in [0.5, 0.6) is 5.75 Å². The van der Waals surface area contributed by atoms with Crippen molar-refractivity contribution >= 4 is 5.91 Å². The van der Waals surface area contributed by atoms with Crippen LogP contribution in [0, 0.1) is 12.8 Å². The summed E-state index contributed by atoms with van der Waals surface area (Å²) >= 11 is 0. The van der Waals surface area contributed by atoms with E-state index in [4.69, 9.17) is 4.74 Å². The first-order valence-electron chi connectivity index (χ1n) is 9.22. The number of aryl methyl sites for hydroxylation is 1. The van der Waals surface area contributed by atoms with Crippen molar-refractivity contribution in [3.05, 3.63) is 65.2 Å². The van der Waals surface area contributed by atoms with Crippen LogP contribution in [0.4, 0.5) is 0 Å². The van der Waals surface area contributed by atoms with E-state index in [-0.39, 0.29) is 17.9 Å². The van der Waals surface area contributed by atoms with Crippen LogP contribution in [0.25, 0.3) is 0 Å². The second kappa shape index (κ2) is 8.83. The maximum Gasteiger partial charge on any atom is 0.226 e. The van der Waals surface area contributed by atoms with Crippen molar-refractivity contribution in [2.75, 3.05) is 13.2 Å². The van der Waals surface area contributed by atoms with E-state index in [0.29, 0.717) is 13.1 Å². The number of benzene rings is 2. The molecule has 1 amide bonds. The number of hydrogen-bond donors (Lipinski definition) is 3. The van der Waals surface area contributed by atoms with E-state index in [1.54, 1.807) is 0 Å². The molecule has 1 aliphatic heterocycles. The summed E-state index contributed by atoms with van der Waals surface area (Å²) in [5, 5.41) is 3.05. The van der Waals surface area contributed by atoms with Gasteiger partial charge in [0, 0.05) is 13.1 Å². The summed E-state index contributed by atoms with van der Waals surface area (Å²) in [5.74, 6) is 0.787. The van der Waals surface area contributed by atoms with Gasteiger partial charge >= 0.3 is 0 Å². The van der Waals surface area contributed by atoms with E-state index in [2.05, 4.69) is 54.3 Å². The van der Waals surface area contributed by atoms with Gasteiger partial charge in [0.05, 0.1) is 18.6 Å². The van der Waals surface area contributed by atoms with Crippen LogP contribution in [0.1, 0.15) is 36.1 Å². The van der Waals surface area contributed by atoms with Crippen LogP contribution < -0.4 is 20.9 Å². The lowest BCUT2D eigenvalue weighted by Gasteiger charge is -2.18. The minimum Gasteiger partial charge on any atom is -0.494 e. The lowest BCUT2D eigenvalue weighted by molar-refractivity contribution is -0.125. The first-order chi connectivity index (χ1) is 12.7. The van der Waals surface area contributed by atoms with E-state index in [1.807, 2.05) is 24.3 Å². The molecule has 138 valence electrons. The molecule has 0 radical (unpaired) electrons. The van der Waals surface area contributed by atoms with E-state index >= 15 is 0 Å². The third kappa shape index (κ3) is 4.62. The van der Waals surface area contributed by atoms with Crippen molar-refractivity contribution in [2.24, 2.45) is 5.92 Å². The van der Waals surface area contributed by atoms with Crippen LogP contribution in [-0.4, -0.2) is 19.1 Å². The van der Waals surface area contributed by atoms with Gasteiger partial charge in [-0.3, -0.25) is 10.2 Å². The van der Waals surface area contributed by atoms with Gasteiger partial charge in [0.1, 0.15) is 5.75 Å². The predicted molar refractivity (Wildman–Crippen MR) is 103 cm³/mol. The van der Waals surface area contributed by atoms with Gasteiger partial charge in [-0.15, -0.1) is 0 Å². The second-order valence-electron chi connectivity index (χ2n) is 6.73. The molecule has 3 N–H and O–H groups in total. The van der Waals surface area contributed by atoms with Crippen molar-refractivity contribution in [2.45, 2.75) is 32.9 Å². The molecule has 1 heterocycles. The average Bonchev–Trinajstić information content (AvgIpc) is 3.16. The third-order valence-electron chi connectivity index (χ3n) is 4.62. The van der Waals surface area contributed by atoms with E-state index in [1.165, 1.54) is 5.56 Å². The van der Waals surface area contributed by atoms with E-state index < -0.39 is 0 Å². The highest BCUT2D eigenvalue weighted by Gasteiger charge is 2.33. The third-order valence-corrected chi connectivity index (χ3v) is 4.62. The van der Waals surface area contributed by atoms with Crippen molar-refractivity contribution in [3.8, 4) is 5.75 Å². The molecule has 0 aromatic heterocycles. The zero-order valence-corrected chi connectivity index (χ0v) is 15.4. The molecule has 2 aromatic rings. The zero-order valence-electron chi connectivity index (χ0n) is 15.4. The number of amides is 1. The molecule has 0 aliphatic carbocycles. The van der Waals surface area contributed by atoms with Gasteiger partial charge in [-0.1, -0.05) is 48.9 Å². The molecule has 3 rings (SSSR count). The Hall–Kier alpha value is -2.37. The highest BCUT2D eigenvalue weighted by atomic mass is 16.5. The fraction of sp³-hybridized carbons (Fsp3) is 0.381. The molecule has 2 unspecified atom stereocenters. The molecule has 0 saturated carbocycles. The summed E-state index contributed by atoms with van der Waals surface area (Å²) in [6.45, 7) is 6.00. The lowest BCUT2D eigenvalue weighted by Crippen LogP contribution is -2.34. The number of hydrazine groups is 1. The minimum atomic E-state index is -0.134. The van der Waals surface area contributed by atoms with Crippen molar-refractivity contribution in [1.82, 2.24) is 16.2 Å². The SMILES string of the molecule is CCCOc1ccc(CNC(=O)C2CNNC2c2ccc(C)cc2)cc1. The number of ether oxygens (including phenoxy) is 1. The summed E-state index contributed by atoms with van der Waals surface area (Å²) in [7, 11) is 0. The van der Waals surface area contributed by atoms with Gasteiger partial charge in [-0.25, -0.2) is 5.43 Å². The highest BCUT2D eigenvalue weighted by molar-refractivity contribution is 5.80. The van der Waals surface area contributed by atoms with Crippen LogP contribution in [0.2, 0.25) is 0 Å². The minimum absolute atomic E-state index is 0.0135. The Kier molecular flexibility index (Phi) is 6.26. The van der Waals surface area contributed by atoms with Crippen LogP contribution in [0.3, 0.4) is 0 Å². The summed E-state index contributed by atoms with van der Waals surface area (Å²) < 4.78 is 5.58. The quantitative estimate of drug-likeness (QED) is 0.716. The molecule has 0 spiro atoms. The zero-order chi connectivity index (χ0) is 18.4. The Labute approximate surface area is 155 Å². The monoisotopic (exact) mass is 353 g/mol. The van der Waals surface area contributed by atoms with Crippen LogP contribution >= 0.6 is 0 Å².